The lowest BCUT2D eigenvalue weighted by Gasteiger charge is -2.09. The normalized spacial score (nSPS) is 13.2. The monoisotopic (exact) mass is 213 g/mol. The Morgan fingerprint density at radius 2 is 2.21 bits per heavy atom. The van der Waals surface area contributed by atoms with Gasteiger partial charge in [-0.05, 0) is 13.3 Å². The van der Waals surface area contributed by atoms with Crippen LogP contribution in [0.4, 0.5) is 0 Å². The zero-order valence-electron chi connectivity index (χ0n) is 9.37. The average molecular weight is 213 g/mol. The van der Waals surface area contributed by atoms with Gasteiger partial charge in [0, 0.05) is 24.4 Å². The van der Waals surface area contributed by atoms with E-state index < -0.39 is 0 Å². The Bertz CT molecular complexity index is 307. The van der Waals surface area contributed by atoms with E-state index in [1.807, 2.05) is 30.4 Å². The molecule has 0 saturated heterocycles. The largest absolute Gasteiger partial charge is 0.326 e. The highest BCUT2D eigenvalue weighted by Gasteiger charge is 2.14. The molecule has 2 N–H and O–H groups in total. The summed E-state index contributed by atoms with van der Waals surface area (Å²) in [6, 6.07) is 0. The number of nitrogens with zero attached hydrogens (tertiary/aromatic N) is 2. The van der Waals surface area contributed by atoms with Gasteiger partial charge in [-0.1, -0.05) is 13.8 Å². The van der Waals surface area contributed by atoms with Crippen LogP contribution in [0.3, 0.4) is 0 Å². The molecule has 0 amide bonds. The Balaban J connectivity index is 2.94. The summed E-state index contributed by atoms with van der Waals surface area (Å²) < 4.78 is 1.94. The topological polar surface area (TPSA) is 43.8 Å². The number of aryl methyl sites for hydroxylation is 2. The van der Waals surface area contributed by atoms with Gasteiger partial charge in [-0.15, -0.1) is 11.8 Å². The Morgan fingerprint density at radius 3 is 2.71 bits per heavy atom. The number of hydrogen-bond acceptors (Lipinski definition) is 3. The van der Waals surface area contributed by atoms with E-state index in [1.54, 1.807) is 0 Å². The van der Waals surface area contributed by atoms with Crippen LogP contribution in [0.15, 0.2) is 5.03 Å². The zero-order valence-corrected chi connectivity index (χ0v) is 10.2. The van der Waals surface area contributed by atoms with Crippen LogP contribution in [-0.2, 0) is 13.6 Å². The number of thioether (sulfide) groups is 1. The Morgan fingerprint density at radius 1 is 1.57 bits per heavy atom. The Kier molecular flexibility index (Phi) is 4.01. The van der Waals surface area contributed by atoms with E-state index in [0.717, 1.165) is 5.69 Å². The second-order valence-electron chi connectivity index (χ2n) is 3.53. The highest BCUT2D eigenvalue weighted by Crippen LogP contribution is 2.29. The van der Waals surface area contributed by atoms with Crippen molar-refractivity contribution in [1.82, 2.24) is 9.78 Å². The summed E-state index contributed by atoms with van der Waals surface area (Å²) >= 11 is 1.86. The number of aromatic nitrogens is 2. The summed E-state index contributed by atoms with van der Waals surface area (Å²) in [5, 5.41) is 6.23. The molecule has 1 rings (SSSR count). The first kappa shape index (κ1) is 11.6. The fraction of sp³-hybridized carbons (Fsp3) is 0.700. The molecule has 0 aliphatic rings. The van der Waals surface area contributed by atoms with Crippen LogP contribution in [0, 0.1) is 6.92 Å². The molecule has 1 aromatic rings. The summed E-state index contributed by atoms with van der Waals surface area (Å²) in [7, 11) is 1.98. The molecule has 0 fully saturated rings. The van der Waals surface area contributed by atoms with Crippen molar-refractivity contribution in [1.29, 1.82) is 0 Å². The molecule has 0 radical (unpaired) electrons. The van der Waals surface area contributed by atoms with Gasteiger partial charge in [0.25, 0.3) is 0 Å². The van der Waals surface area contributed by atoms with E-state index in [2.05, 4.69) is 18.9 Å². The first-order chi connectivity index (χ1) is 6.60. The number of rotatable bonds is 4. The van der Waals surface area contributed by atoms with Crippen LogP contribution in [0.1, 0.15) is 31.5 Å². The quantitative estimate of drug-likeness (QED) is 0.779. The maximum atomic E-state index is 5.72. The fourth-order valence-electron chi connectivity index (χ4n) is 1.34. The molecule has 1 aromatic heterocycles. The van der Waals surface area contributed by atoms with Crippen molar-refractivity contribution < 1.29 is 0 Å². The maximum absolute atomic E-state index is 5.72. The van der Waals surface area contributed by atoms with Crippen molar-refractivity contribution in [3.63, 3.8) is 0 Å². The van der Waals surface area contributed by atoms with Crippen LogP contribution in [0.2, 0.25) is 0 Å². The average Bonchev–Trinajstić information content (AvgIpc) is 2.41. The van der Waals surface area contributed by atoms with Crippen LogP contribution < -0.4 is 5.73 Å². The first-order valence-corrected chi connectivity index (χ1v) is 5.87. The van der Waals surface area contributed by atoms with Gasteiger partial charge in [-0.25, -0.2) is 0 Å². The first-order valence-electron chi connectivity index (χ1n) is 4.99. The summed E-state index contributed by atoms with van der Waals surface area (Å²) in [5.74, 6) is 0. The summed E-state index contributed by atoms with van der Waals surface area (Å²) in [4.78, 5) is 0. The van der Waals surface area contributed by atoms with E-state index in [0.29, 0.717) is 11.8 Å². The Labute approximate surface area is 90.1 Å². The number of hydrogen-bond donors (Lipinski definition) is 1. The van der Waals surface area contributed by atoms with Gasteiger partial charge in [-0.2, -0.15) is 5.10 Å². The molecule has 0 spiro atoms. The summed E-state index contributed by atoms with van der Waals surface area (Å²) in [6.07, 6.45) is 1.17. The lowest BCUT2D eigenvalue weighted by atomic mass is 10.3. The van der Waals surface area contributed by atoms with Gasteiger partial charge in [0.05, 0.1) is 10.7 Å². The molecule has 80 valence electrons. The standard InChI is InChI=1S/C10H19N3S/c1-5-7(2)14-10-9(6-11)8(3)12-13(10)4/h7H,5-6,11H2,1-4H3. The van der Waals surface area contributed by atoms with E-state index in [4.69, 9.17) is 5.73 Å². The van der Waals surface area contributed by atoms with E-state index >= 15 is 0 Å². The molecule has 0 aromatic carbocycles. The van der Waals surface area contributed by atoms with Crippen molar-refractivity contribution in [2.45, 2.75) is 44.0 Å². The highest BCUT2D eigenvalue weighted by molar-refractivity contribution is 7.99. The minimum Gasteiger partial charge on any atom is -0.326 e. The molecule has 1 unspecified atom stereocenters. The van der Waals surface area contributed by atoms with Gasteiger partial charge in [0.15, 0.2) is 0 Å². The summed E-state index contributed by atoms with van der Waals surface area (Å²) in [6.45, 7) is 7.03. The molecule has 0 saturated carbocycles. The van der Waals surface area contributed by atoms with E-state index in [1.165, 1.54) is 17.0 Å². The van der Waals surface area contributed by atoms with Gasteiger partial charge in [-0.3, -0.25) is 4.68 Å². The second kappa shape index (κ2) is 4.84. The number of nitrogens with two attached hydrogens (primary N) is 1. The smallest absolute Gasteiger partial charge is 0.0986 e. The van der Waals surface area contributed by atoms with Crippen molar-refractivity contribution in [2.75, 3.05) is 0 Å². The molecular weight excluding hydrogens is 194 g/mol. The minimum absolute atomic E-state index is 0.582. The van der Waals surface area contributed by atoms with Crippen LogP contribution in [-0.4, -0.2) is 15.0 Å². The van der Waals surface area contributed by atoms with Crippen molar-refractivity contribution in [3.8, 4) is 0 Å². The molecule has 4 heteroatoms. The van der Waals surface area contributed by atoms with Crippen molar-refractivity contribution >= 4 is 11.8 Å². The van der Waals surface area contributed by atoms with E-state index in [-0.39, 0.29) is 0 Å². The predicted octanol–water partition coefficient (Wildman–Crippen LogP) is 2.08. The SMILES string of the molecule is CCC(C)Sc1c(CN)c(C)nn1C. The van der Waals surface area contributed by atoms with Gasteiger partial charge < -0.3 is 5.73 Å². The van der Waals surface area contributed by atoms with Gasteiger partial charge >= 0.3 is 0 Å². The van der Waals surface area contributed by atoms with Gasteiger partial charge in [0.2, 0.25) is 0 Å². The minimum atomic E-state index is 0.582. The maximum Gasteiger partial charge on any atom is 0.0986 e. The Hall–Kier alpha value is -0.480. The third-order valence-corrected chi connectivity index (χ3v) is 3.85. The van der Waals surface area contributed by atoms with Crippen LogP contribution in [0.5, 0.6) is 0 Å². The van der Waals surface area contributed by atoms with E-state index in [9.17, 15) is 0 Å². The summed E-state index contributed by atoms with van der Waals surface area (Å²) in [5.41, 5.74) is 7.96. The highest BCUT2D eigenvalue weighted by atomic mass is 32.2. The van der Waals surface area contributed by atoms with Crippen molar-refractivity contribution in [2.24, 2.45) is 12.8 Å². The third kappa shape index (κ3) is 2.30. The molecule has 1 heterocycles. The van der Waals surface area contributed by atoms with Crippen molar-refractivity contribution in [3.05, 3.63) is 11.3 Å². The van der Waals surface area contributed by atoms with Crippen LogP contribution >= 0.6 is 11.8 Å². The molecule has 0 aliphatic heterocycles. The molecule has 0 bridgehead atoms. The lowest BCUT2D eigenvalue weighted by Crippen LogP contribution is -2.03. The lowest BCUT2D eigenvalue weighted by molar-refractivity contribution is 0.686. The fourth-order valence-corrected chi connectivity index (χ4v) is 2.45. The second-order valence-corrected chi connectivity index (χ2v) is 4.96. The molecule has 3 nitrogen and oxygen atoms in total. The molecule has 14 heavy (non-hydrogen) atoms. The molecule has 0 aliphatic carbocycles. The predicted molar refractivity (Wildman–Crippen MR) is 61.4 cm³/mol. The zero-order chi connectivity index (χ0) is 10.7. The molecule has 1 atom stereocenters. The third-order valence-electron chi connectivity index (χ3n) is 2.38. The van der Waals surface area contributed by atoms with Gasteiger partial charge in [0.1, 0.15) is 0 Å². The molecular formula is C10H19N3S. The van der Waals surface area contributed by atoms with Crippen LogP contribution in [0.25, 0.3) is 0 Å².